The number of aliphatic carboxylic acids is 1. The van der Waals surface area contributed by atoms with Crippen molar-refractivity contribution in [2.45, 2.75) is 30.0 Å². The lowest BCUT2D eigenvalue weighted by atomic mass is 10.0. The van der Waals surface area contributed by atoms with Crippen LogP contribution in [-0.2, 0) is 19.6 Å². The van der Waals surface area contributed by atoms with Crippen molar-refractivity contribution in [3.8, 4) is 0 Å². The highest BCUT2D eigenvalue weighted by Gasteiger charge is 2.34. The van der Waals surface area contributed by atoms with Gasteiger partial charge in [0, 0.05) is 20.0 Å². The maximum Gasteiger partial charge on any atom is 0.329 e. The van der Waals surface area contributed by atoms with Gasteiger partial charge in [0.1, 0.15) is 9.75 Å². The van der Waals surface area contributed by atoms with E-state index < -0.39 is 27.4 Å². The topological polar surface area (TPSA) is 104 Å². The molecule has 1 amide bonds. The predicted molar refractivity (Wildman–Crippen MR) is 78.6 cm³/mol. The summed E-state index contributed by atoms with van der Waals surface area (Å²) in [4.78, 5) is 24.0. The molecular formula is C12H18N2O5S2. The van der Waals surface area contributed by atoms with Gasteiger partial charge < -0.3 is 10.0 Å². The fraction of sp³-hybridized carbons (Fsp3) is 0.500. The van der Waals surface area contributed by atoms with E-state index in [1.165, 1.54) is 27.0 Å². The molecule has 0 aliphatic heterocycles. The first-order valence-electron chi connectivity index (χ1n) is 6.12. The maximum absolute atomic E-state index is 11.9. The molecule has 0 atom stereocenters. The second-order valence-electron chi connectivity index (χ2n) is 4.90. The summed E-state index contributed by atoms with van der Waals surface area (Å²) in [5, 5.41) is 10.7. The molecule has 7 nitrogen and oxygen atoms in total. The molecule has 0 aromatic carbocycles. The first-order valence-corrected chi connectivity index (χ1v) is 8.48. The average molecular weight is 334 g/mol. The van der Waals surface area contributed by atoms with E-state index in [0.717, 1.165) is 16.2 Å². The molecule has 118 valence electrons. The molecule has 9 heteroatoms. The zero-order valence-electron chi connectivity index (χ0n) is 12.0. The van der Waals surface area contributed by atoms with E-state index in [4.69, 9.17) is 5.11 Å². The van der Waals surface area contributed by atoms with E-state index in [9.17, 15) is 18.0 Å². The maximum atomic E-state index is 11.9. The Morgan fingerprint density at radius 1 is 1.43 bits per heavy atom. The molecule has 1 heterocycles. The van der Waals surface area contributed by atoms with Crippen molar-refractivity contribution in [3.63, 3.8) is 0 Å². The van der Waals surface area contributed by atoms with Crippen LogP contribution in [0.25, 0.3) is 0 Å². The molecular weight excluding hydrogens is 316 g/mol. The average Bonchev–Trinajstić information content (AvgIpc) is 2.91. The molecule has 1 aromatic heterocycles. The van der Waals surface area contributed by atoms with Crippen LogP contribution in [-0.4, -0.2) is 49.4 Å². The highest BCUT2D eigenvalue weighted by Crippen LogP contribution is 2.16. The number of carboxylic acid groups (broad SMARTS) is 1. The third kappa shape index (κ3) is 4.26. The minimum absolute atomic E-state index is 0.0842. The molecule has 21 heavy (non-hydrogen) atoms. The summed E-state index contributed by atoms with van der Waals surface area (Å²) in [6.45, 7) is 2.73. The molecule has 0 fully saturated rings. The van der Waals surface area contributed by atoms with E-state index in [2.05, 4.69) is 4.72 Å². The molecule has 0 saturated carbocycles. The van der Waals surface area contributed by atoms with E-state index in [-0.39, 0.29) is 17.2 Å². The van der Waals surface area contributed by atoms with E-state index in [1.54, 1.807) is 11.4 Å². The Balaban J connectivity index is 2.57. The number of amides is 1. The Morgan fingerprint density at radius 3 is 2.52 bits per heavy atom. The Bertz CT molecular complexity index is 608. The molecule has 0 saturated heterocycles. The number of sulfonamides is 1. The van der Waals surface area contributed by atoms with Gasteiger partial charge in [0.2, 0.25) is 15.9 Å². The Hall–Kier alpha value is -1.45. The minimum atomic E-state index is -3.61. The standard InChI is InChI=1S/C12H18N2O5S2/c1-12(2,11(16)17)14(3)9(15)6-7-13-21(18,19)10-5-4-8-20-10/h4-5,8,13H,6-7H2,1-3H3,(H,16,17). The Labute approximate surface area is 127 Å². The second kappa shape index (κ2) is 6.54. The number of nitrogens with zero attached hydrogens (tertiary/aromatic N) is 1. The fourth-order valence-electron chi connectivity index (χ4n) is 1.40. The smallest absolute Gasteiger partial charge is 0.329 e. The molecule has 2 N–H and O–H groups in total. The van der Waals surface area contributed by atoms with Gasteiger partial charge in [-0.1, -0.05) is 6.07 Å². The number of carbonyl (C=O) groups is 2. The monoisotopic (exact) mass is 334 g/mol. The van der Waals surface area contributed by atoms with E-state index in [0.29, 0.717) is 0 Å². The minimum Gasteiger partial charge on any atom is -0.480 e. The summed E-state index contributed by atoms with van der Waals surface area (Å²) in [7, 11) is -2.23. The molecule has 0 aliphatic carbocycles. The van der Waals surface area contributed by atoms with Gasteiger partial charge in [-0.15, -0.1) is 11.3 Å². The molecule has 1 rings (SSSR count). The van der Waals surface area contributed by atoms with Gasteiger partial charge in [-0.2, -0.15) is 0 Å². The van der Waals surface area contributed by atoms with Gasteiger partial charge >= 0.3 is 5.97 Å². The van der Waals surface area contributed by atoms with Gasteiger partial charge in [-0.05, 0) is 25.3 Å². The number of carbonyl (C=O) groups excluding carboxylic acids is 1. The normalized spacial score (nSPS) is 12.1. The lowest BCUT2D eigenvalue weighted by Gasteiger charge is -2.31. The summed E-state index contributed by atoms with van der Waals surface area (Å²) >= 11 is 1.08. The van der Waals surface area contributed by atoms with Crippen LogP contribution < -0.4 is 4.72 Å². The third-order valence-electron chi connectivity index (χ3n) is 3.13. The Morgan fingerprint density at radius 2 is 2.05 bits per heavy atom. The van der Waals surface area contributed by atoms with Crippen LogP contribution in [0.5, 0.6) is 0 Å². The number of rotatable bonds is 7. The van der Waals surface area contributed by atoms with Crippen molar-refractivity contribution in [1.82, 2.24) is 9.62 Å². The van der Waals surface area contributed by atoms with E-state index >= 15 is 0 Å². The highest BCUT2D eigenvalue weighted by atomic mass is 32.2. The van der Waals surface area contributed by atoms with Gasteiger partial charge in [0.15, 0.2) is 0 Å². The van der Waals surface area contributed by atoms with Gasteiger partial charge in [0.05, 0.1) is 0 Å². The largest absolute Gasteiger partial charge is 0.480 e. The van der Waals surface area contributed by atoms with Crippen molar-refractivity contribution >= 4 is 33.2 Å². The zero-order chi connectivity index (χ0) is 16.3. The lowest BCUT2D eigenvalue weighted by molar-refractivity contribution is -0.155. The summed E-state index contributed by atoms with van der Waals surface area (Å²) in [6, 6.07) is 3.09. The van der Waals surface area contributed by atoms with Gasteiger partial charge in [-0.25, -0.2) is 17.9 Å². The van der Waals surface area contributed by atoms with Crippen LogP contribution in [0, 0.1) is 0 Å². The van der Waals surface area contributed by atoms with Crippen LogP contribution in [0.3, 0.4) is 0 Å². The number of hydrogen-bond donors (Lipinski definition) is 2. The molecule has 0 spiro atoms. The summed E-state index contributed by atoms with van der Waals surface area (Å²) < 4.78 is 26.2. The van der Waals surface area contributed by atoms with Crippen molar-refractivity contribution < 1.29 is 23.1 Å². The third-order valence-corrected chi connectivity index (χ3v) is 5.99. The van der Waals surface area contributed by atoms with Crippen LogP contribution in [0.15, 0.2) is 21.7 Å². The first-order chi connectivity index (χ1) is 9.59. The van der Waals surface area contributed by atoms with Crippen molar-refractivity contribution in [3.05, 3.63) is 17.5 Å². The van der Waals surface area contributed by atoms with Crippen LogP contribution >= 0.6 is 11.3 Å². The van der Waals surface area contributed by atoms with Crippen LogP contribution in [0.1, 0.15) is 20.3 Å². The lowest BCUT2D eigenvalue weighted by Crippen LogP contribution is -2.51. The molecule has 0 unspecified atom stereocenters. The predicted octanol–water partition coefficient (Wildman–Crippen LogP) is 0.738. The summed E-state index contributed by atoms with van der Waals surface area (Å²) in [5.41, 5.74) is -1.34. The molecule has 0 aliphatic rings. The molecule has 0 radical (unpaired) electrons. The van der Waals surface area contributed by atoms with Gasteiger partial charge in [0.25, 0.3) is 0 Å². The van der Waals surface area contributed by atoms with Crippen LogP contribution in [0.4, 0.5) is 0 Å². The number of hydrogen-bond acceptors (Lipinski definition) is 5. The van der Waals surface area contributed by atoms with E-state index in [1.807, 2.05) is 0 Å². The van der Waals surface area contributed by atoms with Crippen LogP contribution in [0.2, 0.25) is 0 Å². The Kier molecular flexibility index (Phi) is 5.48. The van der Waals surface area contributed by atoms with Crippen molar-refractivity contribution in [2.24, 2.45) is 0 Å². The number of carboxylic acids is 1. The second-order valence-corrected chi connectivity index (χ2v) is 7.84. The first kappa shape index (κ1) is 17.6. The zero-order valence-corrected chi connectivity index (χ0v) is 13.6. The molecule has 0 bridgehead atoms. The van der Waals surface area contributed by atoms with Gasteiger partial charge in [-0.3, -0.25) is 4.79 Å². The van der Waals surface area contributed by atoms with Crippen molar-refractivity contribution in [1.29, 1.82) is 0 Å². The summed E-state index contributed by atoms with van der Waals surface area (Å²) in [5.74, 6) is -1.58. The number of thiophene rings is 1. The molecule has 1 aromatic rings. The fourth-order valence-corrected chi connectivity index (χ4v) is 3.47. The van der Waals surface area contributed by atoms with Crippen molar-refractivity contribution in [2.75, 3.05) is 13.6 Å². The SMILES string of the molecule is CN(C(=O)CCNS(=O)(=O)c1cccs1)C(C)(C)C(=O)O. The number of nitrogens with one attached hydrogen (secondary N) is 1. The highest BCUT2D eigenvalue weighted by molar-refractivity contribution is 7.91. The number of likely N-dealkylation sites (N-methyl/N-ethyl adjacent to an activating group) is 1. The quantitative estimate of drug-likeness (QED) is 0.765. The summed E-state index contributed by atoms with van der Waals surface area (Å²) in [6.07, 6.45) is -0.113.